The highest BCUT2D eigenvalue weighted by Crippen LogP contribution is 2.31. The van der Waals surface area contributed by atoms with Crippen LogP contribution in [0.5, 0.6) is 0 Å². The summed E-state index contributed by atoms with van der Waals surface area (Å²) in [5.74, 6) is -0.467. The summed E-state index contributed by atoms with van der Waals surface area (Å²) < 4.78 is 0. The predicted molar refractivity (Wildman–Crippen MR) is 143 cm³/mol. The van der Waals surface area contributed by atoms with Gasteiger partial charge >= 0.3 is 0 Å². The van der Waals surface area contributed by atoms with E-state index in [1.165, 1.54) is 0 Å². The molecule has 0 radical (unpaired) electrons. The lowest BCUT2D eigenvalue weighted by atomic mass is 9.86. The molecule has 1 aliphatic carbocycles. The van der Waals surface area contributed by atoms with Gasteiger partial charge in [0.15, 0.2) is 0 Å². The van der Waals surface area contributed by atoms with Gasteiger partial charge in [-0.1, -0.05) is 37.6 Å². The van der Waals surface area contributed by atoms with Crippen LogP contribution in [0, 0.1) is 11.8 Å². The average Bonchev–Trinajstić information content (AvgIpc) is 2.81. The number of halogens is 1. The second kappa shape index (κ2) is 12.2. The van der Waals surface area contributed by atoms with Crippen LogP contribution in [0.1, 0.15) is 59.8 Å². The van der Waals surface area contributed by atoms with Gasteiger partial charge in [-0.3, -0.25) is 14.5 Å². The van der Waals surface area contributed by atoms with E-state index in [1.807, 2.05) is 50.8 Å². The van der Waals surface area contributed by atoms with E-state index in [1.54, 1.807) is 11.0 Å². The molecule has 36 heavy (non-hydrogen) atoms. The van der Waals surface area contributed by atoms with Crippen molar-refractivity contribution < 1.29 is 19.8 Å². The highest BCUT2D eigenvalue weighted by molar-refractivity contribution is 6.33. The van der Waals surface area contributed by atoms with Crippen molar-refractivity contribution in [3.05, 3.63) is 29.3 Å². The van der Waals surface area contributed by atoms with Crippen LogP contribution in [0.25, 0.3) is 0 Å². The molecule has 1 saturated carbocycles. The standard InChI is InChI=1S/C27H43ClN4O4/c1-17(2)20(26(36)30-18-9-11-19(33)12-10-18)13-24(34)22(29)14-31-15-25(35)32(16-27(31,3)4)23-8-6-5-7-21(23)28/h5-8,17-20,22,24,33-34H,9-16,29H2,1-4H3,(H,30,36)/t18?,19?,20-,22-,24-/m0/s1. The van der Waals surface area contributed by atoms with Gasteiger partial charge in [0.1, 0.15) is 0 Å². The molecule has 8 nitrogen and oxygen atoms in total. The molecule has 1 saturated heterocycles. The largest absolute Gasteiger partial charge is 0.393 e. The van der Waals surface area contributed by atoms with E-state index in [4.69, 9.17) is 17.3 Å². The van der Waals surface area contributed by atoms with Crippen molar-refractivity contribution in [3.8, 4) is 0 Å². The van der Waals surface area contributed by atoms with Crippen molar-refractivity contribution in [1.29, 1.82) is 0 Å². The zero-order valence-electron chi connectivity index (χ0n) is 22.0. The SMILES string of the molecule is CC(C)[C@H](C[C@H](O)[C@@H](N)CN1CC(=O)N(c2ccccc2Cl)CC1(C)C)C(=O)NC1CCC(O)CC1. The zero-order chi connectivity index (χ0) is 26.6. The van der Waals surface area contributed by atoms with Crippen LogP contribution < -0.4 is 16.0 Å². The first-order valence-electron chi connectivity index (χ1n) is 13.1. The Labute approximate surface area is 220 Å². The lowest BCUT2D eigenvalue weighted by Crippen LogP contribution is -2.64. The highest BCUT2D eigenvalue weighted by Gasteiger charge is 2.40. The summed E-state index contributed by atoms with van der Waals surface area (Å²) in [6.45, 7) is 9.00. The molecular weight excluding hydrogens is 480 g/mol. The highest BCUT2D eigenvalue weighted by atomic mass is 35.5. The number of carbonyl (C=O) groups excluding carboxylic acids is 2. The lowest BCUT2D eigenvalue weighted by Gasteiger charge is -2.48. The Balaban J connectivity index is 1.59. The van der Waals surface area contributed by atoms with Crippen LogP contribution in [-0.2, 0) is 9.59 Å². The molecule has 0 unspecified atom stereocenters. The number of carbonyl (C=O) groups is 2. The van der Waals surface area contributed by atoms with Gasteiger partial charge < -0.3 is 26.2 Å². The molecule has 3 atom stereocenters. The van der Waals surface area contributed by atoms with E-state index in [9.17, 15) is 19.8 Å². The molecule has 5 N–H and O–H groups in total. The molecule has 1 aliphatic heterocycles. The van der Waals surface area contributed by atoms with E-state index >= 15 is 0 Å². The monoisotopic (exact) mass is 522 g/mol. The summed E-state index contributed by atoms with van der Waals surface area (Å²) >= 11 is 6.34. The van der Waals surface area contributed by atoms with Gasteiger partial charge in [0.2, 0.25) is 11.8 Å². The van der Waals surface area contributed by atoms with Gasteiger partial charge in [-0.25, -0.2) is 0 Å². The summed E-state index contributed by atoms with van der Waals surface area (Å²) in [5.41, 5.74) is 6.75. The zero-order valence-corrected chi connectivity index (χ0v) is 22.7. The minimum Gasteiger partial charge on any atom is -0.393 e. The summed E-state index contributed by atoms with van der Waals surface area (Å²) in [5, 5.41) is 24.3. The smallest absolute Gasteiger partial charge is 0.241 e. The quantitative estimate of drug-likeness (QED) is 0.396. The predicted octanol–water partition coefficient (Wildman–Crippen LogP) is 2.54. The van der Waals surface area contributed by atoms with E-state index in [0.29, 0.717) is 36.6 Å². The molecule has 0 aromatic heterocycles. The molecule has 3 rings (SSSR count). The van der Waals surface area contributed by atoms with Crippen molar-refractivity contribution in [2.45, 2.75) is 89.6 Å². The first-order chi connectivity index (χ1) is 16.9. The fourth-order valence-corrected chi connectivity index (χ4v) is 5.50. The van der Waals surface area contributed by atoms with Crippen molar-refractivity contribution in [2.75, 3.05) is 24.5 Å². The van der Waals surface area contributed by atoms with Crippen LogP contribution in [0.3, 0.4) is 0 Å². The van der Waals surface area contributed by atoms with E-state index in [-0.39, 0.29) is 54.3 Å². The lowest BCUT2D eigenvalue weighted by molar-refractivity contribution is -0.128. The fourth-order valence-electron chi connectivity index (χ4n) is 5.26. The summed E-state index contributed by atoms with van der Waals surface area (Å²) in [6, 6.07) is 6.77. The minimum absolute atomic E-state index is 0.0400. The molecule has 1 aromatic rings. The van der Waals surface area contributed by atoms with Crippen molar-refractivity contribution in [2.24, 2.45) is 17.6 Å². The van der Waals surface area contributed by atoms with Gasteiger partial charge in [0.25, 0.3) is 0 Å². The van der Waals surface area contributed by atoms with Gasteiger partial charge in [0, 0.05) is 36.6 Å². The number of hydrogen-bond acceptors (Lipinski definition) is 6. The molecule has 202 valence electrons. The third kappa shape index (κ3) is 7.19. The number of aliphatic hydroxyl groups is 2. The molecule has 1 aromatic carbocycles. The molecule has 0 spiro atoms. The van der Waals surface area contributed by atoms with E-state index in [2.05, 4.69) is 5.32 Å². The number of nitrogens with zero attached hydrogens (tertiary/aromatic N) is 2. The number of piperazine rings is 1. The van der Waals surface area contributed by atoms with Crippen LogP contribution in [0.4, 0.5) is 5.69 Å². The minimum atomic E-state index is -0.885. The number of anilines is 1. The van der Waals surface area contributed by atoms with Crippen molar-refractivity contribution >= 4 is 29.1 Å². The molecule has 0 bridgehead atoms. The number of rotatable bonds is 9. The number of hydrogen-bond donors (Lipinski definition) is 4. The van der Waals surface area contributed by atoms with Gasteiger partial charge in [-0.15, -0.1) is 0 Å². The first-order valence-corrected chi connectivity index (χ1v) is 13.5. The Kier molecular flexibility index (Phi) is 9.80. The van der Waals surface area contributed by atoms with Crippen LogP contribution in [-0.4, -0.2) is 76.4 Å². The number of benzene rings is 1. The fraction of sp³-hybridized carbons (Fsp3) is 0.704. The normalized spacial score (nSPS) is 25.5. The second-order valence-corrected chi connectivity index (χ2v) is 11.9. The molecule has 9 heteroatoms. The average molecular weight is 523 g/mol. The van der Waals surface area contributed by atoms with Crippen molar-refractivity contribution in [3.63, 3.8) is 0 Å². The molecule has 2 fully saturated rings. The Bertz CT molecular complexity index is 904. The maximum absolute atomic E-state index is 13.0. The Morgan fingerprint density at radius 3 is 2.47 bits per heavy atom. The summed E-state index contributed by atoms with van der Waals surface area (Å²) in [4.78, 5) is 29.8. The maximum Gasteiger partial charge on any atom is 0.241 e. The van der Waals surface area contributed by atoms with Crippen LogP contribution in [0.2, 0.25) is 5.02 Å². The van der Waals surface area contributed by atoms with E-state index < -0.39 is 12.1 Å². The summed E-state index contributed by atoms with van der Waals surface area (Å²) in [7, 11) is 0. The Hall–Kier alpha value is -1.71. The first kappa shape index (κ1) is 28.9. The van der Waals surface area contributed by atoms with Crippen molar-refractivity contribution in [1.82, 2.24) is 10.2 Å². The van der Waals surface area contributed by atoms with Gasteiger partial charge in [-0.2, -0.15) is 0 Å². The molecule has 2 amide bonds. The molecule has 2 aliphatic rings. The number of para-hydroxylation sites is 1. The van der Waals surface area contributed by atoms with Gasteiger partial charge in [0.05, 0.1) is 29.5 Å². The third-order valence-electron chi connectivity index (χ3n) is 7.78. The second-order valence-electron chi connectivity index (χ2n) is 11.5. The van der Waals surface area contributed by atoms with Crippen LogP contribution >= 0.6 is 11.6 Å². The third-order valence-corrected chi connectivity index (χ3v) is 8.10. The van der Waals surface area contributed by atoms with Gasteiger partial charge in [-0.05, 0) is 64.0 Å². The number of nitrogens with two attached hydrogens (primary N) is 1. The number of nitrogens with one attached hydrogen (secondary N) is 1. The molecule has 1 heterocycles. The number of aliphatic hydroxyl groups excluding tert-OH is 2. The number of amides is 2. The maximum atomic E-state index is 13.0. The van der Waals surface area contributed by atoms with Crippen LogP contribution in [0.15, 0.2) is 24.3 Å². The van der Waals surface area contributed by atoms with E-state index in [0.717, 1.165) is 12.8 Å². The Morgan fingerprint density at radius 2 is 1.86 bits per heavy atom. The summed E-state index contributed by atoms with van der Waals surface area (Å²) in [6.07, 6.45) is 2.03. The topological polar surface area (TPSA) is 119 Å². The molecular formula is C27H43ClN4O4. The Morgan fingerprint density at radius 1 is 1.22 bits per heavy atom.